The summed E-state index contributed by atoms with van der Waals surface area (Å²) in [7, 11) is 1.35. The fraction of sp³-hybridized carbons (Fsp3) is 0.0714. The van der Waals surface area contributed by atoms with Gasteiger partial charge in [0.05, 0.1) is 28.8 Å². The third kappa shape index (κ3) is 1.98. The molecule has 1 aliphatic heterocycles. The Bertz CT molecular complexity index is 753. The van der Waals surface area contributed by atoms with E-state index < -0.39 is 0 Å². The summed E-state index contributed by atoms with van der Waals surface area (Å²) in [5.41, 5.74) is 1.84. The highest BCUT2D eigenvalue weighted by Crippen LogP contribution is 2.44. The zero-order valence-electron chi connectivity index (χ0n) is 10.5. The maximum absolute atomic E-state index is 11.5. The second kappa shape index (κ2) is 4.87. The number of methoxy groups -OCH3 is 1. The van der Waals surface area contributed by atoms with Gasteiger partial charge >= 0.3 is 5.97 Å². The highest BCUT2D eigenvalue weighted by atomic mass is 32.2. The first-order valence-electron chi connectivity index (χ1n) is 5.79. The molecule has 3 rings (SSSR count). The van der Waals surface area contributed by atoms with E-state index in [1.807, 2.05) is 6.07 Å². The van der Waals surface area contributed by atoms with Crippen LogP contribution in [0.3, 0.4) is 0 Å². The van der Waals surface area contributed by atoms with Crippen LogP contribution in [-0.2, 0) is 4.74 Å². The zero-order chi connectivity index (χ0) is 14.1. The number of ether oxygens (including phenoxy) is 1. The van der Waals surface area contributed by atoms with Crippen molar-refractivity contribution in [2.75, 3.05) is 12.4 Å². The topological polar surface area (TPSA) is 75.0 Å². The Kier molecular flexibility index (Phi) is 3.05. The molecule has 0 saturated heterocycles. The van der Waals surface area contributed by atoms with Gasteiger partial charge in [-0.3, -0.25) is 0 Å². The summed E-state index contributed by atoms with van der Waals surface area (Å²) in [6.45, 7) is 0. The molecule has 0 amide bonds. The van der Waals surface area contributed by atoms with Crippen molar-refractivity contribution in [1.29, 1.82) is 5.26 Å². The predicted molar refractivity (Wildman–Crippen MR) is 74.1 cm³/mol. The summed E-state index contributed by atoms with van der Waals surface area (Å²) < 4.78 is 4.70. The first kappa shape index (κ1) is 12.5. The number of carbonyl (C=O) groups is 1. The number of rotatable bonds is 1. The van der Waals surface area contributed by atoms with Crippen molar-refractivity contribution in [3.05, 3.63) is 41.6 Å². The number of anilines is 2. The van der Waals surface area contributed by atoms with Crippen LogP contribution >= 0.6 is 11.8 Å². The minimum Gasteiger partial charge on any atom is -0.465 e. The molecule has 1 aromatic carbocycles. The number of nitriles is 1. The lowest BCUT2D eigenvalue weighted by Gasteiger charge is -2.20. The number of hydrogen-bond donors (Lipinski definition) is 1. The predicted octanol–water partition coefficient (Wildman–Crippen LogP) is 2.95. The van der Waals surface area contributed by atoms with E-state index in [-0.39, 0.29) is 5.97 Å². The lowest BCUT2D eigenvalue weighted by molar-refractivity contribution is 0.0600. The Hall–Kier alpha value is -2.52. The van der Waals surface area contributed by atoms with Gasteiger partial charge in [0, 0.05) is 11.1 Å². The summed E-state index contributed by atoms with van der Waals surface area (Å²) in [5.74, 6) is 0.243. The number of nitrogens with one attached hydrogen (secondary N) is 1. The molecule has 2 heterocycles. The van der Waals surface area contributed by atoms with Crippen LogP contribution in [0.1, 0.15) is 15.9 Å². The second-order valence-corrected chi connectivity index (χ2v) is 5.13. The van der Waals surface area contributed by atoms with Crippen molar-refractivity contribution >= 4 is 29.2 Å². The van der Waals surface area contributed by atoms with E-state index in [9.17, 15) is 4.79 Å². The van der Waals surface area contributed by atoms with Crippen molar-refractivity contribution in [3.63, 3.8) is 0 Å². The summed E-state index contributed by atoms with van der Waals surface area (Å²) in [5, 5.41) is 12.3. The molecule has 0 fully saturated rings. The van der Waals surface area contributed by atoms with Gasteiger partial charge in [0.2, 0.25) is 0 Å². The van der Waals surface area contributed by atoms with E-state index in [1.54, 1.807) is 24.4 Å². The zero-order valence-corrected chi connectivity index (χ0v) is 11.3. The standard InChI is InChI=1S/C14H9N3O2S/c1-19-14(18)8-2-3-11-10(6-8)17-13-12(20-11)9(7-15)4-5-16-13/h2-6H,1H3,(H,16,17). The Balaban J connectivity index is 2.04. The molecule has 98 valence electrons. The van der Waals surface area contributed by atoms with Crippen LogP contribution in [0.15, 0.2) is 40.3 Å². The molecule has 0 bridgehead atoms. The van der Waals surface area contributed by atoms with Crippen LogP contribution in [0.5, 0.6) is 0 Å². The van der Waals surface area contributed by atoms with Crippen LogP contribution in [0.4, 0.5) is 11.5 Å². The number of hydrogen-bond acceptors (Lipinski definition) is 6. The molecule has 0 spiro atoms. The van der Waals surface area contributed by atoms with Gasteiger partial charge in [-0.25, -0.2) is 9.78 Å². The number of pyridine rings is 1. The first-order valence-corrected chi connectivity index (χ1v) is 6.61. The summed E-state index contributed by atoms with van der Waals surface area (Å²) in [6.07, 6.45) is 1.58. The van der Waals surface area contributed by atoms with Gasteiger partial charge in [0.1, 0.15) is 11.9 Å². The molecule has 20 heavy (non-hydrogen) atoms. The SMILES string of the molecule is COC(=O)c1ccc2c(c1)Nc1nccc(C#N)c1S2. The van der Waals surface area contributed by atoms with E-state index in [4.69, 9.17) is 10.00 Å². The van der Waals surface area contributed by atoms with E-state index in [1.165, 1.54) is 18.9 Å². The minimum absolute atomic E-state index is 0.385. The fourth-order valence-corrected chi connectivity index (χ4v) is 2.93. The lowest BCUT2D eigenvalue weighted by Crippen LogP contribution is -2.06. The normalized spacial score (nSPS) is 11.6. The molecule has 1 aliphatic rings. The van der Waals surface area contributed by atoms with E-state index in [0.29, 0.717) is 16.9 Å². The third-order valence-electron chi connectivity index (χ3n) is 2.89. The number of esters is 1. The van der Waals surface area contributed by atoms with Gasteiger partial charge in [0.25, 0.3) is 0 Å². The lowest BCUT2D eigenvalue weighted by atomic mass is 10.2. The van der Waals surface area contributed by atoms with Gasteiger partial charge in [-0.1, -0.05) is 11.8 Å². The van der Waals surface area contributed by atoms with Crippen molar-refractivity contribution in [2.24, 2.45) is 0 Å². The molecule has 1 aromatic heterocycles. The number of aromatic nitrogens is 1. The number of nitrogens with zero attached hydrogens (tertiary/aromatic N) is 2. The van der Waals surface area contributed by atoms with Crippen LogP contribution in [0.25, 0.3) is 0 Å². The van der Waals surface area contributed by atoms with Gasteiger partial charge in [0.15, 0.2) is 0 Å². The van der Waals surface area contributed by atoms with Crippen molar-refractivity contribution < 1.29 is 9.53 Å². The number of benzene rings is 1. The minimum atomic E-state index is -0.385. The summed E-state index contributed by atoms with van der Waals surface area (Å²) in [4.78, 5) is 17.5. The van der Waals surface area contributed by atoms with Gasteiger partial charge < -0.3 is 10.1 Å². The van der Waals surface area contributed by atoms with Gasteiger partial charge in [-0.05, 0) is 24.3 Å². The Morgan fingerprint density at radius 2 is 2.30 bits per heavy atom. The molecular formula is C14H9N3O2S. The van der Waals surface area contributed by atoms with Crippen LogP contribution in [-0.4, -0.2) is 18.1 Å². The smallest absolute Gasteiger partial charge is 0.337 e. The monoisotopic (exact) mass is 283 g/mol. The molecular weight excluding hydrogens is 274 g/mol. The third-order valence-corrected chi connectivity index (χ3v) is 4.08. The van der Waals surface area contributed by atoms with E-state index >= 15 is 0 Å². The highest BCUT2D eigenvalue weighted by molar-refractivity contribution is 7.99. The molecule has 1 N–H and O–H groups in total. The van der Waals surface area contributed by atoms with Gasteiger partial charge in [-0.15, -0.1) is 0 Å². The average Bonchev–Trinajstić information content (AvgIpc) is 2.50. The quantitative estimate of drug-likeness (QED) is 0.692. The Morgan fingerprint density at radius 1 is 1.45 bits per heavy atom. The molecule has 0 unspecified atom stereocenters. The molecule has 0 saturated carbocycles. The summed E-state index contributed by atoms with van der Waals surface area (Å²) >= 11 is 1.46. The second-order valence-electron chi connectivity index (χ2n) is 4.08. The van der Waals surface area contributed by atoms with E-state index in [2.05, 4.69) is 16.4 Å². The largest absolute Gasteiger partial charge is 0.465 e. The Morgan fingerprint density at radius 3 is 3.05 bits per heavy atom. The van der Waals surface area contributed by atoms with Crippen LogP contribution in [0, 0.1) is 11.3 Å². The molecule has 2 aromatic rings. The van der Waals surface area contributed by atoms with Crippen molar-refractivity contribution in [2.45, 2.75) is 9.79 Å². The highest BCUT2D eigenvalue weighted by Gasteiger charge is 2.21. The molecule has 0 aliphatic carbocycles. The molecule has 5 nitrogen and oxygen atoms in total. The van der Waals surface area contributed by atoms with Crippen molar-refractivity contribution in [1.82, 2.24) is 4.98 Å². The Labute approximate surface area is 119 Å². The van der Waals surface area contributed by atoms with Crippen LogP contribution < -0.4 is 5.32 Å². The number of carbonyl (C=O) groups excluding carboxylic acids is 1. The fourth-order valence-electron chi connectivity index (χ4n) is 1.93. The van der Waals surface area contributed by atoms with E-state index in [0.717, 1.165) is 15.5 Å². The first-order chi connectivity index (χ1) is 9.72. The van der Waals surface area contributed by atoms with Gasteiger partial charge in [-0.2, -0.15) is 5.26 Å². The summed E-state index contributed by atoms with van der Waals surface area (Å²) in [6, 6.07) is 9.08. The van der Waals surface area contributed by atoms with Crippen molar-refractivity contribution in [3.8, 4) is 6.07 Å². The molecule has 0 atom stereocenters. The average molecular weight is 283 g/mol. The molecule has 0 radical (unpaired) electrons. The van der Waals surface area contributed by atoms with Crippen LogP contribution in [0.2, 0.25) is 0 Å². The maximum Gasteiger partial charge on any atom is 0.337 e. The number of fused-ring (bicyclic) bond motifs is 2. The maximum atomic E-state index is 11.5. The molecule has 6 heteroatoms.